The fourth-order valence-electron chi connectivity index (χ4n) is 1.59. The second-order valence-electron chi connectivity index (χ2n) is 3.99. The van der Waals surface area contributed by atoms with Crippen LogP contribution in [-0.4, -0.2) is 40.0 Å². The van der Waals surface area contributed by atoms with Gasteiger partial charge in [-0.1, -0.05) is 12.1 Å². The largest absolute Gasteiger partial charge is 0.383 e. The molecule has 0 bridgehead atoms. The Bertz CT molecular complexity index is 502. The molecule has 102 valence electrons. The standard InChI is InChI=1S/C12H18ClNO3S/c1-10-11(9-13)5-4-6-12(10)18(15,16)14(2)7-8-17-3/h4-6H,7-9H2,1-3H3. The molecule has 0 atom stereocenters. The highest BCUT2D eigenvalue weighted by atomic mass is 35.5. The summed E-state index contributed by atoms with van der Waals surface area (Å²) in [6.07, 6.45) is 0. The van der Waals surface area contributed by atoms with Crippen molar-refractivity contribution in [1.82, 2.24) is 4.31 Å². The van der Waals surface area contributed by atoms with Crippen LogP contribution in [0.3, 0.4) is 0 Å². The number of nitrogens with zero attached hydrogens (tertiary/aromatic N) is 1. The molecule has 0 saturated heterocycles. The number of rotatable bonds is 6. The molecular weight excluding hydrogens is 274 g/mol. The van der Waals surface area contributed by atoms with Gasteiger partial charge in [-0.3, -0.25) is 0 Å². The number of ether oxygens (including phenoxy) is 1. The van der Waals surface area contributed by atoms with Crippen molar-refractivity contribution in [1.29, 1.82) is 0 Å². The summed E-state index contributed by atoms with van der Waals surface area (Å²) in [7, 11) is -0.395. The summed E-state index contributed by atoms with van der Waals surface area (Å²) in [6, 6.07) is 5.14. The van der Waals surface area contributed by atoms with E-state index in [0.717, 1.165) is 5.56 Å². The van der Waals surface area contributed by atoms with E-state index in [-0.39, 0.29) is 0 Å². The molecule has 0 aliphatic heterocycles. The summed E-state index contributed by atoms with van der Waals surface area (Å²) in [5, 5.41) is 0. The van der Waals surface area contributed by atoms with Crippen LogP contribution in [0.25, 0.3) is 0 Å². The van der Waals surface area contributed by atoms with Gasteiger partial charge in [0.1, 0.15) is 0 Å². The Labute approximate surface area is 114 Å². The fourth-order valence-corrected chi connectivity index (χ4v) is 3.30. The van der Waals surface area contributed by atoms with E-state index in [9.17, 15) is 8.42 Å². The molecule has 18 heavy (non-hydrogen) atoms. The minimum absolute atomic E-state index is 0.303. The van der Waals surface area contributed by atoms with Crippen molar-refractivity contribution in [3.05, 3.63) is 29.3 Å². The molecule has 0 unspecified atom stereocenters. The van der Waals surface area contributed by atoms with Crippen LogP contribution in [0.15, 0.2) is 23.1 Å². The van der Waals surface area contributed by atoms with E-state index in [4.69, 9.17) is 16.3 Å². The third-order valence-electron chi connectivity index (χ3n) is 2.84. The molecule has 0 aliphatic rings. The molecule has 0 spiro atoms. The summed E-state index contributed by atoms with van der Waals surface area (Å²) >= 11 is 5.79. The predicted octanol–water partition coefficient (Wildman–Crippen LogP) is 2.00. The number of sulfonamides is 1. The Kier molecular flexibility index (Phi) is 5.59. The van der Waals surface area contributed by atoms with Crippen molar-refractivity contribution in [2.45, 2.75) is 17.7 Å². The molecule has 0 radical (unpaired) electrons. The molecule has 1 aromatic carbocycles. The van der Waals surface area contributed by atoms with E-state index in [1.54, 1.807) is 33.2 Å². The van der Waals surface area contributed by atoms with Crippen LogP contribution in [0.1, 0.15) is 11.1 Å². The van der Waals surface area contributed by atoms with Crippen molar-refractivity contribution in [2.24, 2.45) is 0 Å². The summed E-state index contributed by atoms with van der Waals surface area (Å²) in [6.45, 7) is 2.46. The highest BCUT2D eigenvalue weighted by molar-refractivity contribution is 7.89. The van der Waals surface area contributed by atoms with Crippen molar-refractivity contribution in [2.75, 3.05) is 27.3 Å². The zero-order chi connectivity index (χ0) is 13.8. The van der Waals surface area contributed by atoms with Crippen LogP contribution in [0.2, 0.25) is 0 Å². The summed E-state index contributed by atoms with van der Waals surface area (Å²) < 4.78 is 30.9. The first kappa shape index (κ1) is 15.4. The van der Waals surface area contributed by atoms with Gasteiger partial charge in [0.05, 0.1) is 11.5 Å². The van der Waals surface area contributed by atoms with Crippen molar-refractivity contribution in [3.8, 4) is 0 Å². The number of benzene rings is 1. The number of hydrogen-bond donors (Lipinski definition) is 0. The average molecular weight is 292 g/mol. The van der Waals surface area contributed by atoms with Crippen LogP contribution in [0.5, 0.6) is 0 Å². The van der Waals surface area contributed by atoms with Crippen LogP contribution < -0.4 is 0 Å². The van der Waals surface area contributed by atoms with Gasteiger partial charge in [0.25, 0.3) is 0 Å². The number of alkyl halides is 1. The summed E-state index contributed by atoms with van der Waals surface area (Å²) in [4.78, 5) is 0.305. The first-order valence-electron chi connectivity index (χ1n) is 5.55. The lowest BCUT2D eigenvalue weighted by molar-refractivity contribution is 0.185. The maximum atomic E-state index is 12.4. The van der Waals surface area contributed by atoms with Crippen molar-refractivity contribution >= 4 is 21.6 Å². The second kappa shape index (κ2) is 6.52. The Morgan fingerprint density at radius 3 is 2.61 bits per heavy atom. The van der Waals surface area contributed by atoms with Gasteiger partial charge in [0.2, 0.25) is 10.0 Å². The van der Waals surface area contributed by atoms with Gasteiger partial charge in [-0.25, -0.2) is 8.42 Å². The number of hydrogen-bond acceptors (Lipinski definition) is 3. The second-order valence-corrected chi connectivity index (χ2v) is 6.27. The Morgan fingerprint density at radius 2 is 2.06 bits per heavy atom. The third-order valence-corrected chi connectivity index (χ3v) is 5.13. The van der Waals surface area contributed by atoms with Gasteiger partial charge in [-0.2, -0.15) is 4.31 Å². The summed E-state index contributed by atoms with van der Waals surface area (Å²) in [5.74, 6) is 0.303. The van der Waals surface area contributed by atoms with E-state index >= 15 is 0 Å². The van der Waals surface area contributed by atoms with Crippen molar-refractivity contribution < 1.29 is 13.2 Å². The predicted molar refractivity (Wildman–Crippen MR) is 72.4 cm³/mol. The molecule has 0 aromatic heterocycles. The van der Waals surface area contributed by atoms with Gasteiger partial charge in [-0.15, -0.1) is 11.6 Å². The van der Waals surface area contributed by atoms with Crippen LogP contribution in [-0.2, 0) is 20.6 Å². The van der Waals surface area contributed by atoms with Crippen LogP contribution in [0, 0.1) is 6.92 Å². The molecular formula is C12H18ClNO3S. The SMILES string of the molecule is COCCN(C)S(=O)(=O)c1cccc(CCl)c1C. The quantitative estimate of drug-likeness (QED) is 0.753. The molecule has 0 amide bonds. The average Bonchev–Trinajstić information content (AvgIpc) is 2.35. The molecule has 0 saturated carbocycles. The fraction of sp³-hybridized carbons (Fsp3) is 0.500. The first-order chi connectivity index (χ1) is 8.45. The van der Waals surface area contributed by atoms with Gasteiger partial charge < -0.3 is 4.74 Å². The molecule has 0 fully saturated rings. The normalized spacial score (nSPS) is 12.1. The monoisotopic (exact) mass is 291 g/mol. The van der Waals surface area contributed by atoms with Gasteiger partial charge in [-0.05, 0) is 24.1 Å². The van der Waals surface area contributed by atoms with E-state index in [1.165, 1.54) is 4.31 Å². The molecule has 4 nitrogen and oxygen atoms in total. The third kappa shape index (κ3) is 3.23. The Morgan fingerprint density at radius 1 is 1.39 bits per heavy atom. The lowest BCUT2D eigenvalue weighted by atomic mass is 10.1. The molecule has 1 rings (SSSR count). The van der Waals surface area contributed by atoms with Gasteiger partial charge in [0.15, 0.2) is 0 Å². The number of methoxy groups -OCH3 is 1. The van der Waals surface area contributed by atoms with Crippen molar-refractivity contribution in [3.63, 3.8) is 0 Å². The van der Waals surface area contributed by atoms with Crippen LogP contribution in [0.4, 0.5) is 0 Å². The van der Waals surface area contributed by atoms with Gasteiger partial charge in [0, 0.05) is 26.6 Å². The van der Waals surface area contributed by atoms with E-state index in [1.807, 2.05) is 6.07 Å². The lowest BCUT2D eigenvalue weighted by Gasteiger charge is -2.19. The molecule has 0 heterocycles. The zero-order valence-corrected chi connectivity index (χ0v) is 12.4. The molecule has 0 N–H and O–H groups in total. The molecule has 0 aliphatic carbocycles. The van der Waals surface area contributed by atoms with E-state index in [0.29, 0.717) is 29.5 Å². The highest BCUT2D eigenvalue weighted by Crippen LogP contribution is 2.22. The smallest absolute Gasteiger partial charge is 0.243 e. The topological polar surface area (TPSA) is 46.6 Å². The Balaban J connectivity index is 3.12. The zero-order valence-electron chi connectivity index (χ0n) is 10.8. The highest BCUT2D eigenvalue weighted by Gasteiger charge is 2.23. The maximum Gasteiger partial charge on any atom is 0.243 e. The van der Waals surface area contributed by atoms with E-state index < -0.39 is 10.0 Å². The number of halogens is 1. The maximum absolute atomic E-state index is 12.4. The Hall–Kier alpha value is -0.620. The minimum Gasteiger partial charge on any atom is -0.383 e. The summed E-state index contributed by atoms with van der Waals surface area (Å²) in [5.41, 5.74) is 1.54. The number of likely N-dealkylation sites (N-methyl/N-ethyl adjacent to an activating group) is 1. The minimum atomic E-state index is -3.48. The first-order valence-corrected chi connectivity index (χ1v) is 7.52. The van der Waals surface area contributed by atoms with E-state index in [2.05, 4.69) is 0 Å². The molecule has 1 aromatic rings. The lowest BCUT2D eigenvalue weighted by Crippen LogP contribution is -2.30. The molecule has 6 heteroatoms. The van der Waals surface area contributed by atoms with Gasteiger partial charge >= 0.3 is 0 Å². The van der Waals surface area contributed by atoms with Crippen LogP contribution >= 0.6 is 11.6 Å².